The summed E-state index contributed by atoms with van der Waals surface area (Å²) in [4.78, 5) is 10.5. The third-order valence-electron chi connectivity index (χ3n) is 2.38. The fourth-order valence-corrected chi connectivity index (χ4v) is 1.72. The summed E-state index contributed by atoms with van der Waals surface area (Å²) in [6, 6.07) is 5.78. The zero-order valence-electron chi connectivity index (χ0n) is 9.24. The number of rotatable bonds is 4. The number of ether oxygens (including phenoxy) is 1. The van der Waals surface area contributed by atoms with Gasteiger partial charge in [-0.05, 0) is 25.5 Å². The van der Waals surface area contributed by atoms with Crippen molar-refractivity contribution in [2.75, 3.05) is 11.9 Å². The van der Waals surface area contributed by atoms with Gasteiger partial charge in [-0.2, -0.15) is 0 Å². The minimum absolute atomic E-state index is 0.428. The lowest BCUT2D eigenvalue weighted by atomic mass is 10.1. The Kier molecular flexibility index (Phi) is 2.81. The Morgan fingerprint density at radius 2 is 2.31 bits per heavy atom. The van der Waals surface area contributed by atoms with Crippen molar-refractivity contribution in [3.05, 3.63) is 23.8 Å². The molecule has 0 spiro atoms. The molecular formula is C12H13NO3. The van der Waals surface area contributed by atoms with Crippen LogP contribution in [0.1, 0.15) is 12.5 Å². The molecule has 2 aromatic rings. The summed E-state index contributed by atoms with van der Waals surface area (Å²) < 4.78 is 10.9. The van der Waals surface area contributed by atoms with Crippen LogP contribution in [-0.2, 0) is 4.79 Å². The molecule has 1 N–H and O–H groups in total. The second-order valence-electron chi connectivity index (χ2n) is 3.41. The third kappa shape index (κ3) is 1.62. The maximum atomic E-state index is 10.5. The first-order valence-corrected chi connectivity index (χ1v) is 5.13. The maximum Gasteiger partial charge on any atom is 0.294 e. The number of hydrogen-bond donors (Lipinski definition) is 1. The van der Waals surface area contributed by atoms with Crippen LogP contribution in [0.4, 0.5) is 5.88 Å². The van der Waals surface area contributed by atoms with E-state index in [-0.39, 0.29) is 0 Å². The molecule has 1 aromatic heterocycles. The molecule has 0 saturated heterocycles. The predicted molar refractivity (Wildman–Crippen MR) is 61.8 cm³/mol. The second kappa shape index (κ2) is 4.26. The molecule has 0 radical (unpaired) electrons. The van der Waals surface area contributed by atoms with Gasteiger partial charge in [0, 0.05) is 5.39 Å². The van der Waals surface area contributed by atoms with Gasteiger partial charge in [0.25, 0.3) is 5.95 Å². The average Bonchev–Trinajstić information content (AvgIpc) is 2.60. The van der Waals surface area contributed by atoms with Gasteiger partial charge in [0.15, 0.2) is 0 Å². The second-order valence-corrected chi connectivity index (χ2v) is 3.41. The van der Waals surface area contributed by atoms with Gasteiger partial charge in [-0.1, -0.05) is 12.1 Å². The number of hydrogen-bond acceptors (Lipinski definition) is 3. The van der Waals surface area contributed by atoms with Crippen molar-refractivity contribution in [3.63, 3.8) is 0 Å². The van der Waals surface area contributed by atoms with Crippen molar-refractivity contribution in [3.8, 4) is 5.95 Å². The summed E-state index contributed by atoms with van der Waals surface area (Å²) in [6.07, 6.45) is 0.594. The van der Waals surface area contributed by atoms with Gasteiger partial charge in [0.2, 0.25) is 12.3 Å². The Morgan fingerprint density at radius 3 is 3.00 bits per heavy atom. The highest BCUT2D eigenvalue weighted by molar-refractivity contribution is 6.00. The zero-order chi connectivity index (χ0) is 11.5. The third-order valence-corrected chi connectivity index (χ3v) is 2.38. The largest absolute Gasteiger partial charge is 0.465 e. The van der Waals surface area contributed by atoms with E-state index in [9.17, 15) is 4.79 Å². The molecule has 4 heteroatoms. The highest BCUT2D eigenvalue weighted by Crippen LogP contribution is 2.37. The highest BCUT2D eigenvalue weighted by atomic mass is 16.6. The first kappa shape index (κ1) is 10.5. The van der Waals surface area contributed by atoms with Crippen LogP contribution in [0.25, 0.3) is 10.8 Å². The molecule has 1 heterocycles. The molecule has 0 saturated carbocycles. The minimum Gasteiger partial charge on any atom is -0.465 e. The average molecular weight is 219 g/mol. The molecule has 0 aliphatic rings. The Bertz CT molecular complexity index is 516. The van der Waals surface area contributed by atoms with E-state index in [1.54, 1.807) is 0 Å². The first-order valence-electron chi connectivity index (χ1n) is 5.13. The van der Waals surface area contributed by atoms with Gasteiger partial charge in [0.1, 0.15) is 0 Å². The summed E-state index contributed by atoms with van der Waals surface area (Å²) in [5.74, 6) is 0.886. The molecule has 1 aromatic carbocycles. The van der Waals surface area contributed by atoms with Crippen molar-refractivity contribution in [2.45, 2.75) is 13.8 Å². The van der Waals surface area contributed by atoms with Crippen molar-refractivity contribution < 1.29 is 13.9 Å². The summed E-state index contributed by atoms with van der Waals surface area (Å²) >= 11 is 0. The monoisotopic (exact) mass is 219 g/mol. The van der Waals surface area contributed by atoms with Gasteiger partial charge < -0.3 is 9.15 Å². The van der Waals surface area contributed by atoms with Crippen LogP contribution in [0, 0.1) is 6.92 Å². The van der Waals surface area contributed by atoms with Crippen LogP contribution in [0.15, 0.2) is 22.6 Å². The van der Waals surface area contributed by atoms with Crippen LogP contribution < -0.4 is 10.1 Å². The van der Waals surface area contributed by atoms with E-state index in [1.165, 1.54) is 0 Å². The molecule has 0 fully saturated rings. The number of aryl methyl sites for hydroxylation is 1. The topological polar surface area (TPSA) is 51.5 Å². The highest BCUT2D eigenvalue weighted by Gasteiger charge is 2.15. The Hall–Kier alpha value is -1.97. The first-order chi connectivity index (χ1) is 7.77. The van der Waals surface area contributed by atoms with E-state index >= 15 is 0 Å². The summed E-state index contributed by atoms with van der Waals surface area (Å²) in [7, 11) is 0. The van der Waals surface area contributed by atoms with Crippen LogP contribution in [0.2, 0.25) is 0 Å². The van der Waals surface area contributed by atoms with Gasteiger partial charge in [-0.3, -0.25) is 10.1 Å². The molecular weight excluding hydrogens is 206 g/mol. The Labute approximate surface area is 93.2 Å². The number of carbonyl (C=O) groups excluding carboxylic acids is 1. The smallest absolute Gasteiger partial charge is 0.294 e. The quantitative estimate of drug-likeness (QED) is 0.804. The zero-order valence-corrected chi connectivity index (χ0v) is 9.24. The minimum atomic E-state index is 0.428. The number of benzene rings is 1. The Morgan fingerprint density at radius 1 is 1.50 bits per heavy atom. The number of anilines is 1. The van der Waals surface area contributed by atoms with E-state index in [0.29, 0.717) is 24.8 Å². The van der Waals surface area contributed by atoms with Crippen molar-refractivity contribution >= 4 is 23.1 Å². The SMILES string of the molecule is CCOc1oc(NC=O)c2cccc(C)c12. The fraction of sp³-hybridized carbons (Fsp3) is 0.250. The lowest BCUT2D eigenvalue weighted by Crippen LogP contribution is -1.91. The number of furan rings is 1. The van der Waals surface area contributed by atoms with Crippen molar-refractivity contribution in [2.24, 2.45) is 0 Å². The molecule has 84 valence electrons. The van der Waals surface area contributed by atoms with Crippen LogP contribution in [-0.4, -0.2) is 13.0 Å². The normalized spacial score (nSPS) is 10.4. The van der Waals surface area contributed by atoms with E-state index in [1.807, 2.05) is 32.0 Å². The fourth-order valence-electron chi connectivity index (χ4n) is 1.72. The van der Waals surface area contributed by atoms with Gasteiger partial charge in [-0.25, -0.2) is 0 Å². The number of nitrogens with one attached hydrogen (secondary N) is 1. The van der Waals surface area contributed by atoms with Crippen molar-refractivity contribution in [1.82, 2.24) is 0 Å². The number of carbonyl (C=O) groups is 1. The molecule has 0 unspecified atom stereocenters. The number of fused-ring (bicyclic) bond motifs is 1. The van der Waals surface area contributed by atoms with E-state index < -0.39 is 0 Å². The van der Waals surface area contributed by atoms with E-state index in [4.69, 9.17) is 9.15 Å². The van der Waals surface area contributed by atoms with Crippen LogP contribution in [0.3, 0.4) is 0 Å². The molecule has 0 atom stereocenters. The lowest BCUT2D eigenvalue weighted by molar-refractivity contribution is -0.105. The summed E-state index contributed by atoms with van der Waals surface area (Å²) in [5.41, 5.74) is 1.06. The molecule has 0 bridgehead atoms. The molecule has 0 aliphatic heterocycles. The Balaban J connectivity index is 2.66. The van der Waals surface area contributed by atoms with E-state index in [0.717, 1.165) is 16.3 Å². The number of amides is 1. The van der Waals surface area contributed by atoms with Crippen LogP contribution >= 0.6 is 0 Å². The lowest BCUT2D eigenvalue weighted by Gasteiger charge is -1.99. The van der Waals surface area contributed by atoms with E-state index in [2.05, 4.69) is 5.32 Å². The predicted octanol–water partition coefficient (Wildman–Crippen LogP) is 2.71. The summed E-state index contributed by atoms with van der Waals surface area (Å²) in [6.45, 7) is 4.39. The molecule has 0 aliphatic carbocycles. The standard InChI is InChI=1S/C12H13NO3/c1-3-15-12-10-8(2)5-4-6-9(10)11(16-12)13-7-14/h4-7H,3H2,1-2H3,(H,13,14). The molecule has 16 heavy (non-hydrogen) atoms. The van der Waals surface area contributed by atoms with Gasteiger partial charge >= 0.3 is 0 Å². The van der Waals surface area contributed by atoms with Gasteiger partial charge in [0.05, 0.1) is 12.0 Å². The summed E-state index contributed by atoms with van der Waals surface area (Å²) in [5, 5.41) is 4.30. The molecule has 2 rings (SSSR count). The van der Waals surface area contributed by atoms with Gasteiger partial charge in [-0.15, -0.1) is 0 Å². The molecule has 1 amide bonds. The maximum absolute atomic E-state index is 10.5. The van der Waals surface area contributed by atoms with Crippen molar-refractivity contribution in [1.29, 1.82) is 0 Å². The molecule has 4 nitrogen and oxygen atoms in total. The van der Waals surface area contributed by atoms with Crippen LogP contribution in [0.5, 0.6) is 5.95 Å².